The maximum atomic E-state index is 12.7. The number of aromatic hydroxyl groups is 1. The number of hydrogen-bond donors (Lipinski definition) is 3. The molecule has 0 bridgehead atoms. The van der Waals surface area contributed by atoms with Crippen molar-refractivity contribution in [2.45, 2.75) is 26.7 Å². The zero-order valence-electron chi connectivity index (χ0n) is 19.2. The Morgan fingerprint density at radius 2 is 1.67 bits per heavy atom. The van der Waals surface area contributed by atoms with Gasteiger partial charge in [0.15, 0.2) is 6.35 Å². The van der Waals surface area contributed by atoms with Crippen molar-refractivity contribution >= 4 is 13.3 Å². The Bertz CT molecular complexity index is 1150. The number of phenolic OH excluding ortho intramolecular Hbond substituents is 1. The summed E-state index contributed by atoms with van der Waals surface area (Å²) in [5.41, 5.74) is 5.32. The minimum Gasteiger partial charge on any atom is -0.507 e. The van der Waals surface area contributed by atoms with E-state index < -0.39 is 7.37 Å². The highest BCUT2D eigenvalue weighted by Gasteiger charge is 2.15. The average Bonchev–Trinajstić information content (AvgIpc) is 2.76. The van der Waals surface area contributed by atoms with E-state index in [1.54, 1.807) is 18.2 Å². The quantitative estimate of drug-likeness (QED) is 0.393. The van der Waals surface area contributed by atoms with E-state index in [4.69, 9.17) is 4.74 Å². The molecule has 33 heavy (non-hydrogen) atoms. The monoisotopic (exact) mass is 467 g/mol. The molecular formula is C26H30NO5P. The van der Waals surface area contributed by atoms with Crippen LogP contribution in [-0.2, 0) is 17.4 Å². The molecule has 174 valence electrons. The molecule has 1 unspecified atom stereocenters. The van der Waals surface area contributed by atoms with Crippen molar-refractivity contribution < 1.29 is 24.1 Å². The van der Waals surface area contributed by atoms with Crippen molar-refractivity contribution in [3.63, 3.8) is 0 Å². The van der Waals surface area contributed by atoms with Crippen LogP contribution in [0.1, 0.15) is 38.2 Å². The molecule has 0 heterocycles. The molecular weight excluding hydrogens is 437 g/mol. The Morgan fingerprint density at radius 1 is 1.00 bits per heavy atom. The molecule has 0 radical (unpaired) electrons. The lowest BCUT2D eigenvalue weighted by molar-refractivity contribution is 0.0951. The van der Waals surface area contributed by atoms with E-state index in [2.05, 4.69) is 5.32 Å². The molecule has 3 aromatic carbocycles. The number of hydrogen-bond acceptors (Lipinski definition) is 4. The minimum absolute atomic E-state index is 0.0545. The van der Waals surface area contributed by atoms with Crippen LogP contribution in [0.2, 0.25) is 0 Å². The Balaban J connectivity index is 1.70. The molecule has 0 aliphatic rings. The molecule has 6 nitrogen and oxygen atoms in total. The van der Waals surface area contributed by atoms with Gasteiger partial charge in [0.05, 0.1) is 5.56 Å². The molecule has 0 saturated carbocycles. The summed E-state index contributed by atoms with van der Waals surface area (Å²) < 4.78 is 17.0. The van der Waals surface area contributed by atoms with Gasteiger partial charge in [-0.05, 0) is 78.8 Å². The Kier molecular flexibility index (Phi) is 7.96. The third-order valence-electron chi connectivity index (χ3n) is 5.37. The van der Waals surface area contributed by atoms with E-state index in [1.807, 2.05) is 56.3 Å². The second kappa shape index (κ2) is 10.7. The maximum Gasteiger partial charge on any atom is 0.255 e. The first kappa shape index (κ1) is 24.6. The second-order valence-corrected chi connectivity index (χ2v) is 10.7. The number of aryl methyl sites for hydroxylation is 2. The first-order chi connectivity index (χ1) is 15.6. The predicted molar refractivity (Wildman–Crippen MR) is 131 cm³/mol. The standard InChI is InChI=1S/C26H30NO5P/c1-18-13-22(32-17-33(3,30)31)14-19(2)23(18)15-21-9-10-25(28)24(16-21)26(29)27-12-11-20-7-5-4-6-8-20/h4-10,13-14,16,28H,11-12,15,17H2,1-3H3,(H,27,29)(H,30,31). The largest absolute Gasteiger partial charge is 0.507 e. The molecule has 0 spiro atoms. The fraction of sp³-hybridized carbons (Fsp3) is 0.269. The van der Waals surface area contributed by atoms with Gasteiger partial charge >= 0.3 is 0 Å². The summed E-state index contributed by atoms with van der Waals surface area (Å²) >= 11 is 0. The van der Waals surface area contributed by atoms with Gasteiger partial charge in [-0.2, -0.15) is 0 Å². The van der Waals surface area contributed by atoms with Crippen LogP contribution in [0.25, 0.3) is 0 Å². The smallest absolute Gasteiger partial charge is 0.255 e. The van der Waals surface area contributed by atoms with Crippen LogP contribution in [0.4, 0.5) is 0 Å². The predicted octanol–water partition coefficient (Wildman–Crippen LogP) is 4.81. The summed E-state index contributed by atoms with van der Waals surface area (Å²) in [6, 6.07) is 18.6. The Morgan fingerprint density at radius 3 is 2.30 bits per heavy atom. The topological polar surface area (TPSA) is 95.9 Å². The number of benzene rings is 3. The van der Waals surface area contributed by atoms with E-state index in [9.17, 15) is 19.4 Å². The van der Waals surface area contributed by atoms with Crippen molar-refractivity contribution in [3.05, 3.63) is 94.0 Å². The molecule has 0 aliphatic heterocycles. The average molecular weight is 468 g/mol. The second-order valence-electron chi connectivity index (χ2n) is 8.38. The van der Waals surface area contributed by atoms with Crippen LogP contribution in [-0.4, -0.2) is 35.5 Å². The molecule has 0 aromatic heterocycles. The minimum atomic E-state index is -3.26. The van der Waals surface area contributed by atoms with Crippen LogP contribution in [0.15, 0.2) is 60.7 Å². The lowest BCUT2D eigenvalue weighted by atomic mass is 9.94. The third kappa shape index (κ3) is 7.21. The molecule has 7 heteroatoms. The molecule has 0 aliphatic carbocycles. The normalized spacial score (nSPS) is 12.7. The fourth-order valence-corrected chi connectivity index (χ4v) is 4.04. The number of carbonyl (C=O) groups is 1. The van der Waals surface area contributed by atoms with Crippen LogP contribution >= 0.6 is 7.37 Å². The summed E-state index contributed by atoms with van der Waals surface area (Å²) in [6.07, 6.45) is 1.06. The maximum absolute atomic E-state index is 12.7. The van der Waals surface area contributed by atoms with Crippen molar-refractivity contribution in [1.82, 2.24) is 5.32 Å². The number of amides is 1. The number of ether oxygens (including phenoxy) is 1. The van der Waals surface area contributed by atoms with Crippen LogP contribution in [0, 0.1) is 13.8 Å². The van der Waals surface area contributed by atoms with E-state index in [0.29, 0.717) is 25.1 Å². The highest BCUT2D eigenvalue weighted by Crippen LogP contribution is 2.36. The molecule has 1 atom stereocenters. The van der Waals surface area contributed by atoms with Gasteiger partial charge in [0.2, 0.25) is 7.37 Å². The van der Waals surface area contributed by atoms with Gasteiger partial charge in [0, 0.05) is 13.2 Å². The summed E-state index contributed by atoms with van der Waals surface area (Å²) in [5.74, 6) is 0.186. The van der Waals surface area contributed by atoms with Crippen LogP contribution < -0.4 is 10.1 Å². The molecule has 3 N–H and O–H groups in total. The fourth-order valence-electron chi connectivity index (χ4n) is 3.65. The number of carbonyl (C=O) groups excluding carboxylic acids is 1. The van der Waals surface area contributed by atoms with Gasteiger partial charge in [-0.25, -0.2) is 0 Å². The van der Waals surface area contributed by atoms with Crippen LogP contribution in [0.3, 0.4) is 0 Å². The summed E-state index contributed by atoms with van der Waals surface area (Å²) in [4.78, 5) is 22.1. The Labute approximate surface area is 194 Å². The molecule has 3 aromatic rings. The van der Waals surface area contributed by atoms with E-state index in [1.165, 1.54) is 6.66 Å². The lowest BCUT2D eigenvalue weighted by Crippen LogP contribution is -2.25. The van der Waals surface area contributed by atoms with Gasteiger partial charge in [0.1, 0.15) is 11.5 Å². The highest BCUT2D eigenvalue weighted by molar-refractivity contribution is 7.56. The summed E-state index contributed by atoms with van der Waals surface area (Å²) in [5, 5.41) is 13.1. The van der Waals surface area contributed by atoms with E-state index in [-0.39, 0.29) is 23.6 Å². The SMILES string of the molecule is Cc1cc(OCP(C)(=O)O)cc(C)c1Cc1ccc(O)c(C(=O)NCCc2ccccc2)c1. The summed E-state index contributed by atoms with van der Waals surface area (Å²) in [7, 11) is -3.26. The van der Waals surface area contributed by atoms with Crippen molar-refractivity contribution in [2.24, 2.45) is 0 Å². The van der Waals surface area contributed by atoms with Gasteiger partial charge in [-0.15, -0.1) is 0 Å². The van der Waals surface area contributed by atoms with Crippen LogP contribution in [0.5, 0.6) is 11.5 Å². The van der Waals surface area contributed by atoms with Crippen molar-refractivity contribution in [2.75, 3.05) is 19.6 Å². The van der Waals surface area contributed by atoms with Crippen molar-refractivity contribution in [1.29, 1.82) is 0 Å². The van der Waals surface area contributed by atoms with E-state index >= 15 is 0 Å². The first-order valence-electron chi connectivity index (χ1n) is 10.8. The lowest BCUT2D eigenvalue weighted by Gasteiger charge is -2.15. The number of phenols is 1. The molecule has 1 amide bonds. The zero-order valence-corrected chi connectivity index (χ0v) is 20.1. The number of nitrogens with one attached hydrogen (secondary N) is 1. The number of rotatable bonds is 9. The van der Waals surface area contributed by atoms with Gasteiger partial charge in [-0.1, -0.05) is 36.4 Å². The Hall–Kier alpha value is -3.08. The van der Waals surface area contributed by atoms with Gasteiger partial charge in [0.25, 0.3) is 5.91 Å². The third-order valence-corrected chi connectivity index (χ3v) is 5.98. The van der Waals surface area contributed by atoms with Gasteiger partial charge in [-0.3, -0.25) is 9.36 Å². The highest BCUT2D eigenvalue weighted by atomic mass is 31.2. The zero-order chi connectivity index (χ0) is 24.0. The molecule has 0 saturated heterocycles. The molecule has 0 fully saturated rings. The first-order valence-corrected chi connectivity index (χ1v) is 13.1. The van der Waals surface area contributed by atoms with Gasteiger partial charge < -0.3 is 20.1 Å². The van der Waals surface area contributed by atoms with E-state index in [0.717, 1.165) is 27.8 Å². The van der Waals surface area contributed by atoms with Crippen molar-refractivity contribution in [3.8, 4) is 11.5 Å². The summed E-state index contributed by atoms with van der Waals surface area (Å²) in [6.45, 7) is 5.65. The molecule has 3 rings (SSSR count).